The second-order valence-electron chi connectivity index (χ2n) is 5.30. The SMILES string of the molecule is CCOCCN(CC)c1ncc(CNC(C)C)cc1C. The Morgan fingerprint density at radius 3 is 2.65 bits per heavy atom. The number of hydrogen-bond acceptors (Lipinski definition) is 4. The van der Waals surface area contributed by atoms with E-state index in [0.29, 0.717) is 6.04 Å². The van der Waals surface area contributed by atoms with Gasteiger partial charge in [-0.25, -0.2) is 4.98 Å². The highest BCUT2D eigenvalue weighted by molar-refractivity contribution is 5.47. The van der Waals surface area contributed by atoms with Crippen LogP contribution in [0, 0.1) is 6.92 Å². The molecule has 1 N–H and O–H groups in total. The Bertz CT molecular complexity index is 393. The average molecular weight is 279 g/mol. The van der Waals surface area contributed by atoms with Crippen molar-refractivity contribution in [1.82, 2.24) is 10.3 Å². The molecule has 0 saturated carbocycles. The topological polar surface area (TPSA) is 37.4 Å². The first-order valence-corrected chi connectivity index (χ1v) is 7.60. The molecule has 0 fully saturated rings. The molecular weight excluding hydrogens is 250 g/mol. The number of hydrogen-bond donors (Lipinski definition) is 1. The Morgan fingerprint density at radius 2 is 2.10 bits per heavy atom. The molecule has 0 aromatic carbocycles. The highest BCUT2D eigenvalue weighted by Gasteiger charge is 2.09. The lowest BCUT2D eigenvalue weighted by molar-refractivity contribution is 0.154. The van der Waals surface area contributed by atoms with Gasteiger partial charge in [0.2, 0.25) is 0 Å². The lowest BCUT2D eigenvalue weighted by atomic mass is 10.2. The third-order valence-corrected chi connectivity index (χ3v) is 3.21. The lowest BCUT2D eigenvalue weighted by Crippen LogP contribution is -2.29. The largest absolute Gasteiger partial charge is 0.380 e. The third-order valence-electron chi connectivity index (χ3n) is 3.21. The molecule has 20 heavy (non-hydrogen) atoms. The summed E-state index contributed by atoms with van der Waals surface area (Å²) in [7, 11) is 0. The van der Waals surface area contributed by atoms with Gasteiger partial charge in [-0.05, 0) is 38.0 Å². The fourth-order valence-electron chi connectivity index (χ4n) is 2.11. The highest BCUT2D eigenvalue weighted by atomic mass is 16.5. The van der Waals surface area contributed by atoms with E-state index in [0.717, 1.165) is 38.7 Å². The van der Waals surface area contributed by atoms with Gasteiger partial charge in [-0.1, -0.05) is 13.8 Å². The molecular formula is C16H29N3O. The summed E-state index contributed by atoms with van der Waals surface area (Å²) in [6.07, 6.45) is 1.97. The molecule has 0 spiro atoms. The van der Waals surface area contributed by atoms with Crippen LogP contribution in [0.5, 0.6) is 0 Å². The Labute approximate surface area is 123 Å². The smallest absolute Gasteiger partial charge is 0.131 e. The minimum Gasteiger partial charge on any atom is -0.380 e. The molecule has 114 valence electrons. The Kier molecular flexibility index (Phi) is 7.55. The molecule has 0 saturated heterocycles. The summed E-state index contributed by atoms with van der Waals surface area (Å²) in [5, 5.41) is 3.42. The van der Waals surface area contributed by atoms with Crippen molar-refractivity contribution in [3.8, 4) is 0 Å². The lowest BCUT2D eigenvalue weighted by Gasteiger charge is -2.24. The fourth-order valence-corrected chi connectivity index (χ4v) is 2.11. The molecule has 0 bridgehead atoms. The molecule has 1 heterocycles. The zero-order valence-corrected chi connectivity index (χ0v) is 13.6. The Balaban J connectivity index is 2.69. The van der Waals surface area contributed by atoms with Crippen molar-refractivity contribution in [1.29, 1.82) is 0 Å². The summed E-state index contributed by atoms with van der Waals surface area (Å²) >= 11 is 0. The van der Waals surface area contributed by atoms with Crippen LogP contribution in [0.2, 0.25) is 0 Å². The van der Waals surface area contributed by atoms with Crippen LogP contribution in [0.15, 0.2) is 12.3 Å². The van der Waals surface area contributed by atoms with Crippen LogP contribution in [0.1, 0.15) is 38.8 Å². The van der Waals surface area contributed by atoms with Gasteiger partial charge < -0.3 is 15.0 Å². The number of nitrogens with one attached hydrogen (secondary N) is 1. The molecule has 1 aromatic rings. The van der Waals surface area contributed by atoms with Gasteiger partial charge in [0.15, 0.2) is 0 Å². The fraction of sp³-hybridized carbons (Fsp3) is 0.688. The number of likely N-dealkylation sites (N-methyl/N-ethyl adjacent to an activating group) is 1. The van der Waals surface area contributed by atoms with Gasteiger partial charge in [-0.15, -0.1) is 0 Å². The molecule has 0 unspecified atom stereocenters. The van der Waals surface area contributed by atoms with E-state index in [-0.39, 0.29) is 0 Å². The van der Waals surface area contributed by atoms with Gasteiger partial charge >= 0.3 is 0 Å². The Hall–Kier alpha value is -1.13. The number of ether oxygens (including phenoxy) is 1. The van der Waals surface area contributed by atoms with Crippen LogP contribution < -0.4 is 10.2 Å². The molecule has 0 amide bonds. The van der Waals surface area contributed by atoms with Crippen molar-refractivity contribution in [3.05, 3.63) is 23.4 Å². The number of nitrogens with zero attached hydrogens (tertiary/aromatic N) is 2. The first-order valence-electron chi connectivity index (χ1n) is 7.60. The van der Waals surface area contributed by atoms with E-state index in [1.807, 2.05) is 13.1 Å². The molecule has 0 radical (unpaired) electrons. The van der Waals surface area contributed by atoms with E-state index in [4.69, 9.17) is 4.74 Å². The molecule has 0 atom stereocenters. The molecule has 4 heteroatoms. The molecule has 1 aromatic heterocycles. The van der Waals surface area contributed by atoms with Gasteiger partial charge in [-0.2, -0.15) is 0 Å². The maximum absolute atomic E-state index is 5.44. The van der Waals surface area contributed by atoms with Crippen molar-refractivity contribution in [3.63, 3.8) is 0 Å². The standard InChI is InChI=1S/C16H29N3O/c1-6-19(8-9-20-7-2)16-14(5)10-15(12-18-16)11-17-13(3)4/h10,12-13,17H,6-9,11H2,1-5H3. The highest BCUT2D eigenvalue weighted by Crippen LogP contribution is 2.17. The van der Waals surface area contributed by atoms with E-state index >= 15 is 0 Å². The van der Waals surface area contributed by atoms with E-state index in [9.17, 15) is 0 Å². The summed E-state index contributed by atoms with van der Waals surface area (Å²) in [5.74, 6) is 1.07. The summed E-state index contributed by atoms with van der Waals surface area (Å²) in [6.45, 7) is 14.8. The van der Waals surface area contributed by atoms with Crippen LogP contribution >= 0.6 is 0 Å². The maximum Gasteiger partial charge on any atom is 0.131 e. The number of aryl methyl sites for hydroxylation is 1. The minimum absolute atomic E-state index is 0.494. The predicted molar refractivity (Wildman–Crippen MR) is 85.3 cm³/mol. The second-order valence-corrected chi connectivity index (χ2v) is 5.30. The molecule has 4 nitrogen and oxygen atoms in total. The number of aromatic nitrogens is 1. The van der Waals surface area contributed by atoms with Gasteiger partial charge in [0, 0.05) is 38.5 Å². The van der Waals surface area contributed by atoms with Crippen LogP contribution in [0.25, 0.3) is 0 Å². The van der Waals surface area contributed by atoms with Crippen molar-refractivity contribution >= 4 is 5.82 Å². The normalized spacial score (nSPS) is 11.1. The summed E-state index contributed by atoms with van der Waals surface area (Å²) in [6, 6.07) is 2.72. The molecule has 0 aliphatic carbocycles. The number of pyridine rings is 1. The first kappa shape index (κ1) is 16.9. The summed E-state index contributed by atoms with van der Waals surface area (Å²) < 4.78 is 5.44. The van der Waals surface area contributed by atoms with Crippen molar-refractivity contribution in [2.45, 2.75) is 47.2 Å². The van der Waals surface area contributed by atoms with Crippen molar-refractivity contribution < 1.29 is 4.74 Å². The zero-order valence-electron chi connectivity index (χ0n) is 13.6. The third kappa shape index (κ3) is 5.47. The second kappa shape index (κ2) is 8.93. The van der Waals surface area contributed by atoms with E-state index in [2.05, 4.69) is 49.0 Å². The zero-order chi connectivity index (χ0) is 15.0. The number of anilines is 1. The van der Waals surface area contributed by atoms with E-state index in [1.165, 1.54) is 11.1 Å². The van der Waals surface area contributed by atoms with Crippen LogP contribution in [-0.2, 0) is 11.3 Å². The van der Waals surface area contributed by atoms with Crippen LogP contribution in [0.4, 0.5) is 5.82 Å². The van der Waals surface area contributed by atoms with Crippen molar-refractivity contribution in [2.24, 2.45) is 0 Å². The van der Waals surface area contributed by atoms with Crippen LogP contribution in [0.3, 0.4) is 0 Å². The summed E-state index contributed by atoms with van der Waals surface area (Å²) in [5.41, 5.74) is 2.47. The van der Waals surface area contributed by atoms with Gasteiger partial charge in [0.1, 0.15) is 5.82 Å². The Morgan fingerprint density at radius 1 is 1.35 bits per heavy atom. The van der Waals surface area contributed by atoms with E-state index in [1.54, 1.807) is 0 Å². The van der Waals surface area contributed by atoms with E-state index < -0.39 is 0 Å². The molecule has 0 aliphatic heterocycles. The maximum atomic E-state index is 5.44. The molecule has 0 aliphatic rings. The monoisotopic (exact) mass is 279 g/mol. The minimum atomic E-state index is 0.494. The molecule has 1 rings (SSSR count). The summed E-state index contributed by atoms with van der Waals surface area (Å²) in [4.78, 5) is 6.90. The van der Waals surface area contributed by atoms with Gasteiger partial charge in [-0.3, -0.25) is 0 Å². The van der Waals surface area contributed by atoms with Crippen molar-refractivity contribution in [2.75, 3.05) is 31.2 Å². The first-order chi connectivity index (χ1) is 9.58. The number of rotatable bonds is 9. The average Bonchev–Trinajstić information content (AvgIpc) is 2.42. The van der Waals surface area contributed by atoms with Gasteiger partial charge in [0.05, 0.1) is 6.61 Å². The van der Waals surface area contributed by atoms with Gasteiger partial charge in [0.25, 0.3) is 0 Å². The predicted octanol–water partition coefficient (Wildman–Crippen LogP) is 2.75. The quantitative estimate of drug-likeness (QED) is 0.705. The van der Waals surface area contributed by atoms with Crippen LogP contribution in [-0.4, -0.2) is 37.3 Å².